The number of rotatable bonds is 7. The lowest BCUT2D eigenvalue weighted by molar-refractivity contribution is 0.221. The molecule has 4 nitrogen and oxygen atoms in total. The molecule has 0 saturated heterocycles. The Morgan fingerprint density at radius 3 is 1.86 bits per heavy atom. The second kappa shape index (κ2) is 8.82. The first-order chi connectivity index (χ1) is 13.9. The zero-order valence-corrected chi connectivity index (χ0v) is 15.3. The summed E-state index contributed by atoms with van der Waals surface area (Å²) in [6.07, 6.45) is 6.79. The molecule has 2 heterocycles. The highest BCUT2D eigenvalue weighted by atomic mass is 16.5. The standard InChI is InChI=1S/C24H20N2O2/c1-2-8-19(9-3-1)18-27-22-12-4-5-13-23(22)28-24(20-10-6-14-25-16-20)21-11-7-15-26-17-21/h1-17,24H,18H2. The first kappa shape index (κ1) is 17.7. The number of para-hydroxylation sites is 2. The molecule has 0 spiro atoms. The zero-order valence-electron chi connectivity index (χ0n) is 15.3. The van der Waals surface area contributed by atoms with Crippen molar-refractivity contribution < 1.29 is 9.47 Å². The third kappa shape index (κ3) is 4.35. The summed E-state index contributed by atoms with van der Waals surface area (Å²) >= 11 is 0. The van der Waals surface area contributed by atoms with Crippen LogP contribution in [0.4, 0.5) is 0 Å². The Morgan fingerprint density at radius 1 is 0.643 bits per heavy atom. The molecular weight excluding hydrogens is 348 g/mol. The molecule has 0 bridgehead atoms. The van der Waals surface area contributed by atoms with Crippen LogP contribution in [-0.4, -0.2) is 9.97 Å². The van der Waals surface area contributed by atoms with Gasteiger partial charge in [0.2, 0.25) is 0 Å². The SMILES string of the molecule is c1ccc(COc2ccccc2OC(c2cccnc2)c2cccnc2)cc1. The fraction of sp³-hybridized carbons (Fsp3) is 0.0833. The van der Waals surface area contributed by atoms with Crippen molar-refractivity contribution in [2.24, 2.45) is 0 Å². The van der Waals surface area contributed by atoms with Crippen LogP contribution in [0.25, 0.3) is 0 Å². The Bertz CT molecular complexity index is 953. The summed E-state index contributed by atoms with van der Waals surface area (Å²) in [6, 6.07) is 25.6. The van der Waals surface area contributed by atoms with E-state index in [0.717, 1.165) is 16.7 Å². The van der Waals surface area contributed by atoms with Crippen LogP contribution in [-0.2, 0) is 6.61 Å². The second-order valence-electron chi connectivity index (χ2n) is 6.29. The van der Waals surface area contributed by atoms with Gasteiger partial charge in [0, 0.05) is 35.9 Å². The Hall–Kier alpha value is -3.66. The van der Waals surface area contributed by atoms with E-state index in [1.54, 1.807) is 12.4 Å². The fourth-order valence-electron chi connectivity index (χ4n) is 2.92. The van der Waals surface area contributed by atoms with Gasteiger partial charge in [0.25, 0.3) is 0 Å². The molecule has 0 unspecified atom stereocenters. The van der Waals surface area contributed by atoms with Gasteiger partial charge in [0.15, 0.2) is 17.6 Å². The van der Waals surface area contributed by atoms with Gasteiger partial charge in [0.05, 0.1) is 0 Å². The number of ether oxygens (including phenoxy) is 2. The Balaban J connectivity index is 1.60. The van der Waals surface area contributed by atoms with E-state index in [1.165, 1.54) is 0 Å². The maximum absolute atomic E-state index is 6.40. The van der Waals surface area contributed by atoms with Gasteiger partial charge in [0.1, 0.15) is 6.61 Å². The summed E-state index contributed by atoms with van der Waals surface area (Å²) in [5.74, 6) is 1.38. The molecule has 0 saturated carbocycles. The number of aromatic nitrogens is 2. The van der Waals surface area contributed by atoms with E-state index in [4.69, 9.17) is 9.47 Å². The molecule has 0 atom stereocenters. The minimum Gasteiger partial charge on any atom is -0.485 e. The van der Waals surface area contributed by atoms with Crippen LogP contribution in [0, 0.1) is 0 Å². The minimum atomic E-state index is -0.330. The fourth-order valence-corrected chi connectivity index (χ4v) is 2.92. The molecule has 0 radical (unpaired) electrons. The molecular formula is C24H20N2O2. The first-order valence-electron chi connectivity index (χ1n) is 9.12. The molecule has 2 aromatic carbocycles. The van der Waals surface area contributed by atoms with Crippen molar-refractivity contribution >= 4 is 0 Å². The third-order valence-electron chi connectivity index (χ3n) is 4.31. The molecule has 0 aliphatic rings. The lowest BCUT2D eigenvalue weighted by atomic mass is 10.0. The van der Waals surface area contributed by atoms with Crippen LogP contribution >= 0.6 is 0 Å². The number of hydrogen-bond acceptors (Lipinski definition) is 4. The van der Waals surface area contributed by atoms with Crippen molar-refractivity contribution in [3.63, 3.8) is 0 Å². The third-order valence-corrected chi connectivity index (χ3v) is 4.31. The van der Waals surface area contributed by atoms with Gasteiger partial charge >= 0.3 is 0 Å². The first-order valence-corrected chi connectivity index (χ1v) is 9.12. The Labute approximate surface area is 164 Å². The lowest BCUT2D eigenvalue weighted by Crippen LogP contribution is -2.11. The van der Waals surface area contributed by atoms with Crippen LogP contribution in [0.15, 0.2) is 104 Å². The Morgan fingerprint density at radius 2 is 1.25 bits per heavy atom. The van der Waals surface area contributed by atoms with Crippen LogP contribution in [0.3, 0.4) is 0 Å². The number of nitrogens with zero attached hydrogens (tertiary/aromatic N) is 2. The van der Waals surface area contributed by atoms with Crippen LogP contribution in [0.2, 0.25) is 0 Å². The monoisotopic (exact) mass is 368 g/mol. The number of benzene rings is 2. The highest BCUT2D eigenvalue weighted by Gasteiger charge is 2.18. The maximum atomic E-state index is 6.40. The quantitative estimate of drug-likeness (QED) is 0.448. The van der Waals surface area contributed by atoms with Crippen LogP contribution in [0.5, 0.6) is 11.5 Å². The molecule has 4 heteroatoms. The zero-order chi connectivity index (χ0) is 19.0. The van der Waals surface area contributed by atoms with Crippen molar-refractivity contribution in [1.29, 1.82) is 0 Å². The van der Waals surface area contributed by atoms with Gasteiger partial charge in [-0.15, -0.1) is 0 Å². The van der Waals surface area contributed by atoms with Crippen molar-refractivity contribution in [2.45, 2.75) is 12.7 Å². The Kier molecular flexibility index (Phi) is 5.59. The van der Waals surface area contributed by atoms with Crippen LogP contribution < -0.4 is 9.47 Å². The van der Waals surface area contributed by atoms with Gasteiger partial charge in [-0.05, 0) is 29.8 Å². The van der Waals surface area contributed by atoms with Crippen molar-refractivity contribution in [3.8, 4) is 11.5 Å². The van der Waals surface area contributed by atoms with E-state index < -0.39 is 0 Å². The topological polar surface area (TPSA) is 44.2 Å². The van der Waals surface area contributed by atoms with E-state index >= 15 is 0 Å². The molecule has 138 valence electrons. The minimum absolute atomic E-state index is 0.330. The van der Waals surface area contributed by atoms with E-state index in [-0.39, 0.29) is 6.10 Å². The van der Waals surface area contributed by atoms with Gasteiger partial charge in [-0.1, -0.05) is 54.6 Å². The van der Waals surface area contributed by atoms with E-state index in [1.807, 2.05) is 91.3 Å². The normalized spacial score (nSPS) is 10.6. The van der Waals surface area contributed by atoms with Gasteiger partial charge in [-0.2, -0.15) is 0 Å². The molecule has 0 aliphatic heterocycles. The van der Waals surface area contributed by atoms with Crippen molar-refractivity contribution in [2.75, 3.05) is 0 Å². The number of pyridine rings is 2. The number of hydrogen-bond donors (Lipinski definition) is 0. The molecule has 0 aliphatic carbocycles. The predicted molar refractivity (Wildman–Crippen MR) is 108 cm³/mol. The molecule has 0 fully saturated rings. The molecule has 0 N–H and O–H groups in total. The average molecular weight is 368 g/mol. The van der Waals surface area contributed by atoms with E-state index in [2.05, 4.69) is 9.97 Å². The highest BCUT2D eigenvalue weighted by molar-refractivity contribution is 5.41. The summed E-state index contributed by atoms with van der Waals surface area (Å²) in [6.45, 7) is 0.478. The summed E-state index contributed by atoms with van der Waals surface area (Å²) in [5.41, 5.74) is 3.01. The van der Waals surface area contributed by atoms with Crippen LogP contribution in [0.1, 0.15) is 22.8 Å². The summed E-state index contributed by atoms with van der Waals surface area (Å²) in [4.78, 5) is 8.48. The van der Waals surface area contributed by atoms with Crippen molar-refractivity contribution in [1.82, 2.24) is 9.97 Å². The summed E-state index contributed by atoms with van der Waals surface area (Å²) < 4.78 is 12.4. The van der Waals surface area contributed by atoms with Gasteiger partial charge in [-0.25, -0.2) is 0 Å². The summed E-state index contributed by atoms with van der Waals surface area (Å²) in [7, 11) is 0. The largest absolute Gasteiger partial charge is 0.485 e. The lowest BCUT2D eigenvalue weighted by Gasteiger charge is -2.21. The average Bonchev–Trinajstić information content (AvgIpc) is 2.78. The van der Waals surface area contributed by atoms with Gasteiger partial charge in [-0.3, -0.25) is 9.97 Å². The van der Waals surface area contributed by atoms with Crippen molar-refractivity contribution in [3.05, 3.63) is 120 Å². The smallest absolute Gasteiger partial charge is 0.162 e. The highest BCUT2D eigenvalue weighted by Crippen LogP contribution is 2.34. The molecule has 4 rings (SSSR count). The molecule has 4 aromatic rings. The maximum Gasteiger partial charge on any atom is 0.162 e. The van der Waals surface area contributed by atoms with Gasteiger partial charge < -0.3 is 9.47 Å². The summed E-state index contributed by atoms with van der Waals surface area (Å²) in [5, 5.41) is 0. The predicted octanol–water partition coefficient (Wildman–Crippen LogP) is 5.22. The second-order valence-corrected chi connectivity index (χ2v) is 6.29. The molecule has 2 aromatic heterocycles. The van der Waals surface area contributed by atoms with E-state index in [0.29, 0.717) is 18.1 Å². The molecule has 0 amide bonds. The molecule has 28 heavy (non-hydrogen) atoms. The van der Waals surface area contributed by atoms with E-state index in [9.17, 15) is 0 Å².